The summed E-state index contributed by atoms with van der Waals surface area (Å²) in [4.78, 5) is 12.1. The van der Waals surface area contributed by atoms with Gasteiger partial charge in [-0.1, -0.05) is 53.3 Å². The van der Waals surface area contributed by atoms with Crippen LogP contribution < -0.4 is 5.32 Å². The van der Waals surface area contributed by atoms with Crippen LogP contribution in [0.5, 0.6) is 0 Å². The predicted molar refractivity (Wildman–Crippen MR) is 97.6 cm³/mol. The van der Waals surface area contributed by atoms with E-state index in [9.17, 15) is 13.6 Å². The van der Waals surface area contributed by atoms with Gasteiger partial charge in [-0.25, -0.2) is 8.78 Å². The summed E-state index contributed by atoms with van der Waals surface area (Å²) in [6.07, 6.45) is 1.24. The Morgan fingerprint density at radius 3 is 2.62 bits per heavy atom. The lowest BCUT2D eigenvalue weighted by molar-refractivity contribution is 0.0950. The van der Waals surface area contributed by atoms with Crippen molar-refractivity contribution in [2.45, 2.75) is 6.54 Å². The van der Waals surface area contributed by atoms with Crippen molar-refractivity contribution >= 4 is 40.0 Å². The maximum Gasteiger partial charge on any atom is 0.282 e. The highest BCUT2D eigenvalue weighted by atomic mass is 35.5. The molecule has 1 amide bonds. The first kappa shape index (κ1) is 18.2. The summed E-state index contributed by atoms with van der Waals surface area (Å²) in [7, 11) is 0. The van der Waals surface area contributed by atoms with Crippen LogP contribution in [0.1, 0.15) is 25.9 Å². The van der Waals surface area contributed by atoms with Gasteiger partial charge in [-0.05, 0) is 29.8 Å². The minimum atomic E-state index is -0.616. The zero-order valence-electron chi connectivity index (χ0n) is 13.2. The van der Waals surface area contributed by atoms with Crippen molar-refractivity contribution in [1.82, 2.24) is 15.5 Å². The van der Waals surface area contributed by atoms with Crippen LogP contribution in [0.25, 0.3) is 11.1 Å². The predicted octanol–water partition coefficient (Wildman–Crippen LogP) is 4.48. The van der Waals surface area contributed by atoms with E-state index in [4.69, 9.17) is 11.6 Å². The van der Waals surface area contributed by atoms with E-state index in [2.05, 4.69) is 15.5 Å². The molecule has 0 aliphatic carbocycles. The molecule has 0 fully saturated rings. The Bertz CT molecular complexity index is 960. The summed E-state index contributed by atoms with van der Waals surface area (Å²) in [5, 5.41) is 10.8. The number of benzene rings is 2. The largest absolute Gasteiger partial charge is 0.346 e. The number of nitrogens with zero attached hydrogens (tertiary/aromatic N) is 2. The number of hydrogen-bond donors (Lipinski definition) is 1. The molecule has 8 heteroatoms. The summed E-state index contributed by atoms with van der Waals surface area (Å²) < 4.78 is 26.9. The van der Waals surface area contributed by atoms with Gasteiger partial charge in [0, 0.05) is 12.1 Å². The molecule has 0 unspecified atom stereocenters. The highest BCUT2D eigenvalue weighted by Gasteiger charge is 2.15. The van der Waals surface area contributed by atoms with Gasteiger partial charge in [-0.15, -0.1) is 10.2 Å². The lowest BCUT2D eigenvalue weighted by atomic mass is 10.2. The van der Waals surface area contributed by atoms with E-state index in [1.807, 2.05) is 30.3 Å². The molecular formula is C18H12ClF2N3OS. The Labute approximate surface area is 157 Å². The quantitative estimate of drug-likeness (QED) is 0.697. The highest BCUT2D eigenvalue weighted by molar-refractivity contribution is 7.15. The molecule has 0 aliphatic heterocycles. The van der Waals surface area contributed by atoms with Crippen LogP contribution in [-0.4, -0.2) is 16.1 Å². The fourth-order valence-electron chi connectivity index (χ4n) is 2.09. The van der Waals surface area contributed by atoms with Crippen molar-refractivity contribution in [2.75, 3.05) is 0 Å². The number of halogens is 3. The Hall–Kier alpha value is -2.64. The second kappa shape index (κ2) is 8.16. The van der Waals surface area contributed by atoms with Gasteiger partial charge >= 0.3 is 0 Å². The Morgan fingerprint density at radius 2 is 1.85 bits per heavy atom. The average Bonchev–Trinajstić information content (AvgIpc) is 3.14. The van der Waals surface area contributed by atoms with E-state index < -0.39 is 11.6 Å². The number of carbonyl (C=O) groups is 1. The first-order valence-corrected chi connectivity index (χ1v) is 8.70. The molecular weight excluding hydrogens is 380 g/mol. The Balaban J connectivity index is 1.71. The third-order valence-electron chi connectivity index (χ3n) is 3.36. The van der Waals surface area contributed by atoms with Crippen molar-refractivity contribution in [1.29, 1.82) is 0 Å². The molecule has 2 aromatic carbocycles. The van der Waals surface area contributed by atoms with E-state index in [0.29, 0.717) is 6.54 Å². The molecule has 26 heavy (non-hydrogen) atoms. The zero-order chi connectivity index (χ0) is 18.5. The van der Waals surface area contributed by atoms with E-state index in [1.54, 1.807) is 0 Å². The smallest absolute Gasteiger partial charge is 0.282 e. The average molecular weight is 392 g/mol. The molecule has 1 heterocycles. The third kappa shape index (κ3) is 4.50. The molecule has 0 spiro atoms. The van der Waals surface area contributed by atoms with Gasteiger partial charge in [0.15, 0.2) is 5.01 Å². The zero-order valence-corrected chi connectivity index (χ0v) is 14.8. The van der Waals surface area contributed by atoms with Crippen LogP contribution in [0.4, 0.5) is 8.78 Å². The second-order valence-electron chi connectivity index (χ2n) is 5.24. The molecule has 132 valence electrons. The molecule has 1 N–H and O–H groups in total. The van der Waals surface area contributed by atoms with Gasteiger partial charge in [0.2, 0.25) is 5.01 Å². The topological polar surface area (TPSA) is 54.9 Å². The van der Waals surface area contributed by atoms with Crippen molar-refractivity contribution in [2.24, 2.45) is 0 Å². The number of nitrogens with one attached hydrogen (secondary N) is 1. The third-order valence-corrected chi connectivity index (χ3v) is 4.72. The summed E-state index contributed by atoms with van der Waals surface area (Å²) in [6, 6.07) is 12.5. The first-order valence-electron chi connectivity index (χ1n) is 7.51. The van der Waals surface area contributed by atoms with Gasteiger partial charge in [-0.3, -0.25) is 4.79 Å². The van der Waals surface area contributed by atoms with Gasteiger partial charge in [-0.2, -0.15) is 0 Å². The van der Waals surface area contributed by atoms with Crippen molar-refractivity contribution < 1.29 is 13.6 Å². The fraction of sp³-hybridized carbons (Fsp3) is 0.0556. The molecule has 3 aromatic rings. The van der Waals surface area contributed by atoms with Crippen LogP contribution >= 0.6 is 22.9 Å². The van der Waals surface area contributed by atoms with E-state index in [-0.39, 0.29) is 26.5 Å². The summed E-state index contributed by atoms with van der Waals surface area (Å²) in [5.74, 6) is -1.59. The Kier molecular flexibility index (Phi) is 5.70. The van der Waals surface area contributed by atoms with Gasteiger partial charge in [0.1, 0.15) is 11.6 Å². The molecule has 0 radical (unpaired) electrons. The molecule has 3 rings (SSSR count). The van der Waals surface area contributed by atoms with Crippen LogP contribution in [0.3, 0.4) is 0 Å². The van der Waals surface area contributed by atoms with Crippen LogP contribution in [0.2, 0.25) is 0 Å². The van der Waals surface area contributed by atoms with Crippen molar-refractivity contribution in [3.63, 3.8) is 0 Å². The van der Waals surface area contributed by atoms with Crippen molar-refractivity contribution in [3.8, 4) is 0 Å². The number of amides is 1. The summed E-state index contributed by atoms with van der Waals surface area (Å²) >= 11 is 7.07. The molecule has 0 saturated heterocycles. The lowest BCUT2D eigenvalue weighted by Gasteiger charge is -2.02. The normalized spacial score (nSPS) is 11.4. The summed E-state index contributed by atoms with van der Waals surface area (Å²) in [6.45, 7) is 0.354. The molecule has 0 bridgehead atoms. The van der Waals surface area contributed by atoms with Crippen LogP contribution in [0.15, 0.2) is 48.5 Å². The first-order chi connectivity index (χ1) is 12.5. The van der Waals surface area contributed by atoms with Crippen LogP contribution in [-0.2, 0) is 6.54 Å². The minimum absolute atomic E-state index is 0.0136. The number of carbonyl (C=O) groups excluding carboxylic acids is 1. The maximum atomic E-state index is 13.7. The van der Waals surface area contributed by atoms with Crippen LogP contribution in [0, 0.1) is 11.6 Å². The van der Waals surface area contributed by atoms with Gasteiger partial charge in [0.05, 0.1) is 5.03 Å². The number of aromatic nitrogens is 2. The summed E-state index contributed by atoms with van der Waals surface area (Å²) in [5.41, 5.74) is 0.936. The van der Waals surface area contributed by atoms with E-state index in [0.717, 1.165) is 35.1 Å². The van der Waals surface area contributed by atoms with E-state index >= 15 is 0 Å². The SMILES string of the molecule is O=C(NCc1ccccc1)c1nnc(/C(Cl)=C/c2cc(F)ccc2F)s1. The minimum Gasteiger partial charge on any atom is -0.346 e. The molecule has 0 atom stereocenters. The fourth-order valence-corrected chi connectivity index (χ4v) is 3.03. The molecule has 4 nitrogen and oxygen atoms in total. The standard InChI is InChI=1S/C18H12ClF2N3OS/c19-14(9-12-8-13(20)6-7-15(12)21)17-23-24-18(26-17)16(25)22-10-11-4-2-1-3-5-11/h1-9H,10H2,(H,22,25)/b14-9-. The maximum absolute atomic E-state index is 13.7. The monoisotopic (exact) mass is 391 g/mol. The van der Waals surface area contributed by atoms with E-state index in [1.165, 1.54) is 6.08 Å². The second-order valence-corrected chi connectivity index (χ2v) is 6.62. The van der Waals surface area contributed by atoms with Crippen molar-refractivity contribution in [3.05, 3.63) is 81.3 Å². The number of hydrogen-bond acceptors (Lipinski definition) is 4. The molecule has 0 aliphatic rings. The lowest BCUT2D eigenvalue weighted by Crippen LogP contribution is -2.22. The molecule has 1 aromatic heterocycles. The molecule has 0 saturated carbocycles. The van der Waals surface area contributed by atoms with Gasteiger partial charge in [0.25, 0.3) is 5.91 Å². The van der Waals surface area contributed by atoms with Gasteiger partial charge < -0.3 is 5.32 Å². The highest BCUT2D eigenvalue weighted by Crippen LogP contribution is 2.26. The number of rotatable bonds is 5. The Morgan fingerprint density at radius 1 is 1.12 bits per heavy atom.